The molecular weight excluding hydrogens is 278 g/mol. The van der Waals surface area contributed by atoms with E-state index in [1.54, 1.807) is 19.1 Å². The normalized spacial score (nSPS) is 11.3. The molecule has 0 radical (unpaired) electrons. The highest BCUT2D eigenvalue weighted by Gasteiger charge is 2.15. The minimum Gasteiger partial charge on any atom is -0.465 e. The van der Waals surface area contributed by atoms with Gasteiger partial charge in [-0.05, 0) is 36.2 Å². The fourth-order valence-corrected chi connectivity index (χ4v) is 2.24. The van der Waals surface area contributed by atoms with Gasteiger partial charge in [-0.3, -0.25) is 4.79 Å². The van der Waals surface area contributed by atoms with E-state index in [1.165, 1.54) is 7.11 Å². The Labute approximate surface area is 129 Å². The van der Waals surface area contributed by atoms with Crippen LogP contribution < -0.4 is 5.32 Å². The van der Waals surface area contributed by atoms with Gasteiger partial charge in [-0.25, -0.2) is 4.79 Å². The zero-order valence-corrected chi connectivity index (χ0v) is 13.0. The van der Waals surface area contributed by atoms with Crippen molar-refractivity contribution in [3.8, 4) is 0 Å². The van der Waals surface area contributed by atoms with Crippen molar-refractivity contribution in [2.75, 3.05) is 12.4 Å². The van der Waals surface area contributed by atoms with Crippen LogP contribution in [0.2, 0.25) is 0 Å². The fourth-order valence-electron chi connectivity index (χ4n) is 2.24. The Morgan fingerprint density at radius 2 is 1.82 bits per heavy atom. The molecule has 4 nitrogen and oxygen atoms in total. The first-order valence-electron chi connectivity index (χ1n) is 7.16. The molecule has 0 spiro atoms. The number of fused-ring (bicyclic) bond motifs is 1. The molecular formula is C18H19NO3. The predicted molar refractivity (Wildman–Crippen MR) is 88.0 cm³/mol. The molecule has 0 aromatic heterocycles. The lowest BCUT2D eigenvalue weighted by molar-refractivity contribution is -0.112. The average Bonchev–Trinajstić information content (AvgIpc) is 2.53. The summed E-state index contributed by atoms with van der Waals surface area (Å²) in [5.41, 5.74) is 1.42. The van der Waals surface area contributed by atoms with Gasteiger partial charge in [-0.2, -0.15) is 0 Å². The molecule has 0 aliphatic rings. The van der Waals surface area contributed by atoms with Crippen molar-refractivity contribution in [1.29, 1.82) is 0 Å². The molecule has 0 atom stereocenters. The van der Waals surface area contributed by atoms with E-state index in [4.69, 9.17) is 4.74 Å². The zero-order chi connectivity index (χ0) is 16.1. The first kappa shape index (κ1) is 15.8. The minimum atomic E-state index is -0.474. The summed E-state index contributed by atoms with van der Waals surface area (Å²) < 4.78 is 4.81. The predicted octanol–water partition coefficient (Wildman–Crippen LogP) is 3.92. The first-order valence-corrected chi connectivity index (χ1v) is 7.16. The maximum atomic E-state index is 12.2. The molecule has 0 aliphatic carbocycles. The molecule has 0 heterocycles. The van der Waals surface area contributed by atoms with Crippen molar-refractivity contribution in [3.63, 3.8) is 0 Å². The molecule has 0 saturated heterocycles. The van der Waals surface area contributed by atoms with Crippen molar-refractivity contribution in [1.82, 2.24) is 0 Å². The van der Waals surface area contributed by atoms with Gasteiger partial charge in [-0.15, -0.1) is 0 Å². The second-order valence-electron chi connectivity index (χ2n) is 4.99. The van der Waals surface area contributed by atoms with Crippen LogP contribution in [0.3, 0.4) is 0 Å². The maximum absolute atomic E-state index is 12.2. The summed E-state index contributed by atoms with van der Waals surface area (Å²) >= 11 is 0. The highest BCUT2D eigenvalue weighted by molar-refractivity contribution is 6.09. The summed E-state index contributed by atoms with van der Waals surface area (Å²) in [6.45, 7) is 3.71. The smallest absolute Gasteiger partial charge is 0.339 e. The molecule has 2 rings (SSSR count). The van der Waals surface area contributed by atoms with E-state index >= 15 is 0 Å². The number of carbonyl (C=O) groups excluding carboxylic acids is 2. The number of anilines is 1. The van der Waals surface area contributed by atoms with Gasteiger partial charge in [0.05, 0.1) is 18.4 Å². The second kappa shape index (κ2) is 6.89. The molecule has 0 fully saturated rings. The highest BCUT2D eigenvalue weighted by atomic mass is 16.5. The van der Waals surface area contributed by atoms with Crippen LogP contribution in [0, 0.1) is 0 Å². The summed E-state index contributed by atoms with van der Waals surface area (Å²) in [5.74, 6) is -0.694. The van der Waals surface area contributed by atoms with Crippen LogP contribution in [0.15, 0.2) is 48.0 Å². The molecule has 114 valence electrons. The third-order valence-corrected chi connectivity index (χ3v) is 3.41. The Kier molecular flexibility index (Phi) is 4.94. The topological polar surface area (TPSA) is 55.4 Å². The van der Waals surface area contributed by atoms with Crippen LogP contribution >= 0.6 is 0 Å². The molecule has 0 saturated carbocycles. The lowest BCUT2D eigenvalue weighted by atomic mass is 10.0. The third kappa shape index (κ3) is 3.34. The van der Waals surface area contributed by atoms with Gasteiger partial charge in [0.25, 0.3) is 5.91 Å². The molecule has 2 aromatic rings. The van der Waals surface area contributed by atoms with Crippen molar-refractivity contribution < 1.29 is 14.3 Å². The number of methoxy groups -OCH3 is 1. The monoisotopic (exact) mass is 297 g/mol. The molecule has 0 unspecified atom stereocenters. The lowest BCUT2D eigenvalue weighted by Crippen LogP contribution is -2.16. The molecule has 4 heteroatoms. The lowest BCUT2D eigenvalue weighted by Gasteiger charge is -2.12. The Morgan fingerprint density at radius 3 is 2.41 bits per heavy atom. The number of hydrogen-bond acceptors (Lipinski definition) is 3. The summed E-state index contributed by atoms with van der Waals surface area (Å²) in [6, 6.07) is 11.2. The van der Waals surface area contributed by atoms with Crippen LogP contribution in [-0.4, -0.2) is 19.0 Å². The van der Waals surface area contributed by atoms with E-state index in [0.717, 1.165) is 17.2 Å². The number of hydrogen-bond donors (Lipinski definition) is 1. The van der Waals surface area contributed by atoms with Gasteiger partial charge >= 0.3 is 5.97 Å². The van der Waals surface area contributed by atoms with Crippen molar-refractivity contribution in [2.45, 2.75) is 20.3 Å². The number of nitrogens with one attached hydrogen (secondary N) is 1. The third-order valence-electron chi connectivity index (χ3n) is 3.41. The van der Waals surface area contributed by atoms with Crippen molar-refractivity contribution in [2.24, 2.45) is 0 Å². The quantitative estimate of drug-likeness (QED) is 0.687. The van der Waals surface area contributed by atoms with Crippen LogP contribution in [0.25, 0.3) is 10.8 Å². The zero-order valence-electron chi connectivity index (χ0n) is 13.0. The van der Waals surface area contributed by atoms with Crippen LogP contribution in [0.1, 0.15) is 30.6 Å². The van der Waals surface area contributed by atoms with Gasteiger partial charge in [-0.1, -0.05) is 37.3 Å². The second-order valence-corrected chi connectivity index (χ2v) is 4.99. The number of rotatable bonds is 4. The van der Waals surface area contributed by atoms with Gasteiger partial charge < -0.3 is 10.1 Å². The number of carbonyl (C=O) groups is 2. The van der Waals surface area contributed by atoms with Crippen LogP contribution in [0.5, 0.6) is 0 Å². The van der Waals surface area contributed by atoms with Gasteiger partial charge in [0.1, 0.15) is 0 Å². The number of amides is 1. The van der Waals surface area contributed by atoms with Gasteiger partial charge in [0, 0.05) is 5.57 Å². The molecule has 2 aromatic carbocycles. The van der Waals surface area contributed by atoms with Gasteiger partial charge in [0.2, 0.25) is 0 Å². The minimum absolute atomic E-state index is 0.220. The number of allylic oxidation sites excluding steroid dienone is 1. The standard InChI is InChI=1S/C18H19NO3/c1-4-7-12(2)17(20)19-16-11-14-9-6-5-8-13(14)10-15(16)18(21)22-3/h5-11H,4H2,1-3H3,(H,19,20)/b12-7-. The van der Waals surface area contributed by atoms with Crippen LogP contribution in [0.4, 0.5) is 5.69 Å². The van der Waals surface area contributed by atoms with E-state index in [-0.39, 0.29) is 5.91 Å². The Bertz CT molecular complexity index is 747. The van der Waals surface area contributed by atoms with Crippen molar-refractivity contribution in [3.05, 3.63) is 53.6 Å². The van der Waals surface area contributed by atoms with Gasteiger partial charge in [0.15, 0.2) is 0 Å². The van der Waals surface area contributed by atoms with E-state index in [2.05, 4.69) is 5.32 Å². The molecule has 22 heavy (non-hydrogen) atoms. The fraction of sp³-hybridized carbons (Fsp3) is 0.222. The Hall–Kier alpha value is -2.62. The molecule has 1 amide bonds. The van der Waals surface area contributed by atoms with E-state index in [1.807, 2.05) is 37.3 Å². The Balaban J connectivity index is 2.48. The van der Waals surface area contributed by atoms with E-state index < -0.39 is 5.97 Å². The highest BCUT2D eigenvalue weighted by Crippen LogP contribution is 2.25. The number of ether oxygens (including phenoxy) is 1. The molecule has 0 bridgehead atoms. The van der Waals surface area contributed by atoms with E-state index in [9.17, 15) is 9.59 Å². The molecule has 0 aliphatic heterocycles. The summed E-state index contributed by atoms with van der Waals surface area (Å²) in [7, 11) is 1.32. The summed E-state index contributed by atoms with van der Waals surface area (Å²) in [5, 5.41) is 4.66. The largest absolute Gasteiger partial charge is 0.465 e. The molecule has 1 N–H and O–H groups in total. The number of benzene rings is 2. The van der Waals surface area contributed by atoms with Crippen molar-refractivity contribution >= 4 is 28.3 Å². The average molecular weight is 297 g/mol. The summed E-state index contributed by atoms with van der Waals surface area (Å²) in [6.07, 6.45) is 2.62. The first-order chi connectivity index (χ1) is 10.6. The Morgan fingerprint density at radius 1 is 1.18 bits per heavy atom. The maximum Gasteiger partial charge on any atom is 0.339 e. The SMILES string of the molecule is CC/C=C(/C)C(=O)Nc1cc2ccccc2cc1C(=O)OC. The van der Waals surface area contributed by atoms with E-state index in [0.29, 0.717) is 16.8 Å². The van der Waals surface area contributed by atoms with Crippen LogP contribution in [-0.2, 0) is 9.53 Å². The summed E-state index contributed by atoms with van der Waals surface area (Å²) in [4.78, 5) is 24.1. The number of esters is 1.